The highest BCUT2D eigenvalue weighted by molar-refractivity contribution is 6.30. The number of hydrogen-bond acceptors (Lipinski definition) is 6. The molecule has 0 N–H and O–H groups in total. The van der Waals surface area contributed by atoms with E-state index in [1.54, 1.807) is 37.4 Å². The van der Waals surface area contributed by atoms with Gasteiger partial charge in [-0.25, -0.2) is 19.3 Å². The number of ether oxygens (including phenoxy) is 2. The number of halogens is 1. The van der Waals surface area contributed by atoms with Crippen molar-refractivity contribution >= 4 is 34.5 Å². The van der Waals surface area contributed by atoms with E-state index in [0.29, 0.717) is 23.5 Å². The van der Waals surface area contributed by atoms with Crippen molar-refractivity contribution in [2.45, 2.75) is 6.54 Å². The molecule has 0 aliphatic rings. The zero-order valence-electron chi connectivity index (χ0n) is 16.4. The lowest BCUT2D eigenvalue weighted by atomic mass is 10.2. The highest BCUT2D eigenvalue weighted by atomic mass is 35.5. The van der Waals surface area contributed by atoms with Crippen LogP contribution < -0.4 is 14.4 Å². The SMILES string of the molecule is COc1ccc(CN(C)c2cc(Cl)nc3c2ncn3C(=O)Oc2ccccc2)cc1. The maximum Gasteiger partial charge on any atom is 0.426 e. The first-order valence-corrected chi connectivity index (χ1v) is 9.58. The number of aromatic nitrogens is 3. The lowest BCUT2D eigenvalue weighted by Gasteiger charge is -2.20. The molecule has 2 heterocycles. The Morgan fingerprint density at radius 1 is 1.10 bits per heavy atom. The molecule has 0 aliphatic heterocycles. The minimum Gasteiger partial charge on any atom is -0.497 e. The van der Waals surface area contributed by atoms with Crippen LogP contribution in [0.2, 0.25) is 5.15 Å². The summed E-state index contributed by atoms with van der Waals surface area (Å²) in [5.74, 6) is 1.23. The quantitative estimate of drug-likeness (QED) is 0.431. The number of carbonyl (C=O) groups is 1. The van der Waals surface area contributed by atoms with Crippen molar-refractivity contribution < 1.29 is 14.3 Å². The standard InChI is InChI=1S/C22H19ClN4O3/c1-26(13-15-8-10-16(29-2)11-9-15)18-12-19(23)25-21-20(18)24-14-27(21)22(28)30-17-6-4-3-5-7-17/h3-12,14H,13H2,1-2H3. The molecule has 2 aromatic heterocycles. The van der Waals surface area contributed by atoms with Gasteiger partial charge in [-0.3, -0.25) is 0 Å². The third kappa shape index (κ3) is 4.06. The van der Waals surface area contributed by atoms with E-state index < -0.39 is 6.09 Å². The van der Waals surface area contributed by atoms with E-state index in [-0.39, 0.29) is 5.15 Å². The van der Waals surface area contributed by atoms with Gasteiger partial charge in [-0.1, -0.05) is 41.9 Å². The summed E-state index contributed by atoms with van der Waals surface area (Å²) in [6, 6.07) is 18.3. The van der Waals surface area contributed by atoms with Crippen LogP contribution in [0.3, 0.4) is 0 Å². The predicted molar refractivity (Wildman–Crippen MR) is 116 cm³/mol. The molecule has 0 amide bonds. The fourth-order valence-corrected chi connectivity index (χ4v) is 3.28. The van der Waals surface area contributed by atoms with Crippen LogP contribution in [0.25, 0.3) is 11.2 Å². The molecule has 8 heteroatoms. The summed E-state index contributed by atoms with van der Waals surface area (Å²) >= 11 is 6.26. The van der Waals surface area contributed by atoms with Gasteiger partial charge in [0.05, 0.1) is 12.8 Å². The van der Waals surface area contributed by atoms with E-state index in [1.165, 1.54) is 10.9 Å². The zero-order chi connectivity index (χ0) is 21.1. The molecule has 152 valence electrons. The Kier molecular flexibility index (Phi) is 5.54. The van der Waals surface area contributed by atoms with Gasteiger partial charge in [-0.15, -0.1) is 0 Å². The normalized spacial score (nSPS) is 10.8. The summed E-state index contributed by atoms with van der Waals surface area (Å²) in [6.45, 7) is 0.612. The van der Waals surface area contributed by atoms with Crippen molar-refractivity contribution in [3.63, 3.8) is 0 Å². The minimum absolute atomic E-state index is 0.258. The van der Waals surface area contributed by atoms with E-state index in [2.05, 4.69) is 9.97 Å². The molecule has 0 aliphatic carbocycles. The molecular formula is C22H19ClN4O3. The van der Waals surface area contributed by atoms with Crippen molar-refractivity contribution in [1.29, 1.82) is 0 Å². The van der Waals surface area contributed by atoms with Crippen molar-refractivity contribution in [3.8, 4) is 11.5 Å². The summed E-state index contributed by atoms with van der Waals surface area (Å²) in [7, 11) is 3.56. The van der Waals surface area contributed by atoms with Crippen LogP contribution in [0.15, 0.2) is 67.0 Å². The van der Waals surface area contributed by atoms with E-state index in [0.717, 1.165) is 17.0 Å². The van der Waals surface area contributed by atoms with Crippen LogP contribution in [0.1, 0.15) is 5.56 Å². The lowest BCUT2D eigenvalue weighted by molar-refractivity contribution is 0.203. The van der Waals surface area contributed by atoms with Crippen molar-refractivity contribution in [2.75, 3.05) is 19.1 Å². The van der Waals surface area contributed by atoms with Crippen LogP contribution in [-0.2, 0) is 6.54 Å². The molecule has 7 nitrogen and oxygen atoms in total. The third-order valence-electron chi connectivity index (χ3n) is 4.59. The summed E-state index contributed by atoms with van der Waals surface area (Å²) in [5, 5.41) is 0.258. The Morgan fingerprint density at radius 3 is 2.53 bits per heavy atom. The number of anilines is 1. The smallest absolute Gasteiger partial charge is 0.426 e. The van der Waals surface area contributed by atoms with Gasteiger partial charge in [0.15, 0.2) is 5.65 Å². The minimum atomic E-state index is -0.609. The number of nitrogens with zero attached hydrogens (tertiary/aromatic N) is 4. The topological polar surface area (TPSA) is 69.5 Å². The predicted octanol–water partition coefficient (Wildman–Crippen LogP) is 4.78. The molecule has 0 radical (unpaired) electrons. The average molecular weight is 423 g/mol. The molecule has 0 bridgehead atoms. The van der Waals surface area contributed by atoms with E-state index in [9.17, 15) is 4.79 Å². The van der Waals surface area contributed by atoms with Crippen molar-refractivity contribution in [2.24, 2.45) is 0 Å². The second kappa shape index (κ2) is 8.42. The molecule has 0 saturated heterocycles. The zero-order valence-corrected chi connectivity index (χ0v) is 17.2. The largest absolute Gasteiger partial charge is 0.497 e. The number of fused-ring (bicyclic) bond motifs is 1. The van der Waals surface area contributed by atoms with Gasteiger partial charge in [0.1, 0.15) is 28.5 Å². The number of para-hydroxylation sites is 1. The average Bonchev–Trinajstić information content (AvgIpc) is 3.18. The lowest BCUT2D eigenvalue weighted by Crippen LogP contribution is -2.18. The first-order chi connectivity index (χ1) is 14.5. The summed E-state index contributed by atoms with van der Waals surface area (Å²) in [4.78, 5) is 23.3. The Labute approximate surface area is 178 Å². The number of rotatable bonds is 5. The van der Waals surface area contributed by atoms with Gasteiger partial charge in [0.25, 0.3) is 0 Å². The van der Waals surface area contributed by atoms with Gasteiger partial charge in [0.2, 0.25) is 0 Å². The summed E-state index contributed by atoms with van der Waals surface area (Å²) in [6.07, 6.45) is 0.784. The first kappa shape index (κ1) is 19.7. The highest BCUT2D eigenvalue weighted by Gasteiger charge is 2.19. The molecule has 0 fully saturated rings. The molecule has 4 rings (SSSR count). The number of imidazole rings is 1. The maximum atomic E-state index is 12.6. The fourth-order valence-electron chi connectivity index (χ4n) is 3.10. The molecule has 0 unspecified atom stereocenters. The van der Waals surface area contributed by atoms with Crippen LogP contribution in [0.5, 0.6) is 11.5 Å². The van der Waals surface area contributed by atoms with Crippen molar-refractivity contribution in [3.05, 3.63) is 77.7 Å². The number of hydrogen-bond donors (Lipinski definition) is 0. The third-order valence-corrected chi connectivity index (χ3v) is 4.78. The van der Waals surface area contributed by atoms with Crippen LogP contribution in [0, 0.1) is 0 Å². The second-order valence-corrected chi connectivity index (χ2v) is 7.02. The second-order valence-electron chi connectivity index (χ2n) is 6.64. The maximum absolute atomic E-state index is 12.6. The molecule has 4 aromatic rings. The van der Waals surface area contributed by atoms with Crippen LogP contribution in [0.4, 0.5) is 10.5 Å². The number of carbonyl (C=O) groups excluding carboxylic acids is 1. The van der Waals surface area contributed by atoms with E-state index in [4.69, 9.17) is 21.1 Å². The molecule has 2 aromatic carbocycles. The summed E-state index contributed by atoms with van der Waals surface area (Å²) in [5.41, 5.74) is 2.73. The van der Waals surface area contributed by atoms with E-state index >= 15 is 0 Å². The summed E-state index contributed by atoms with van der Waals surface area (Å²) < 4.78 is 11.9. The number of benzene rings is 2. The van der Waals surface area contributed by atoms with Gasteiger partial charge in [-0.2, -0.15) is 0 Å². The van der Waals surface area contributed by atoms with Gasteiger partial charge in [0, 0.05) is 19.7 Å². The molecule has 0 saturated carbocycles. The molecule has 0 spiro atoms. The van der Waals surface area contributed by atoms with Gasteiger partial charge >= 0.3 is 6.09 Å². The first-order valence-electron chi connectivity index (χ1n) is 9.20. The fraction of sp³-hybridized carbons (Fsp3) is 0.136. The van der Waals surface area contributed by atoms with Crippen LogP contribution >= 0.6 is 11.6 Å². The molecule has 30 heavy (non-hydrogen) atoms. The number of pyridine rings is 1. The highest BCUT2D eigenvalue weighted by Crippen LogP contribution is 2.28. The van der Waals surface area contributed by atoms with Gasteiger partial charge < -0.3 is 14.4 Å². The van der Waals surface area contributed by atoms with Gasteiger partial charge in [-0.05, 0) is 29.8 Å². The van der Waals surface area contributed by atoms with Crippen molar-refractivity contribution in [1.82, 2.24) is 14.5 Å². The molecule has 0 atom stereocenters. The Bertz CT molecular complexity index is 1180. The number of methoxy groups -OCH3 is 1. The molecular weight excluding hydrogens is 404 g/mol. The Hall–Kier alpha value is -3.58. The van der Waals surface area contributed by atoms with Crippen LogP contribution in [-0.4, -0.2) is 34.8 Å². The Balaban J connectivity index is 1.63. The monoisotopic (exact) mass is 422 g/mol. The Morgan fingerprint density at radius 2 is 1.83 bits per heavy atom. The van der Waals surface area contributed by atoms with E-state index in [1.807, 2.05) is 42.3 Å².